The van der Waals surface area contributed by atoms with E-state index in [4.69, 9.17) is 11.6 Å². The molecule has 1 aromatic rings. The fraction of sp³-hybridized carbons (Fsp3) is 0.667. The zero-order valence-electron chi connectivity index (χ0n) is 11.4. The maximum Gasteiger partial charge on any atom is 0.137 e. The lowest BCUT2D eigenvalue weighted by molar-refractivity contribution is 0.210. The van der Waals surface area contributed by atoms with E-state index in [0.29, 0.717) is 11.0 Å². The summed E-state index contributed by atoms with van der Waals surface area (Å²) < 4.78 is 0. The molecule has 0 saturated heterocycles. The van der Waals surface area contributed by atoms with Crippen molar-refractivity contribution in [2.75, 3.05) is 26.0 Å². The number of rotatable bonds is 4. The molecule has 0 aliphatic rings. The SMILES string of the molecule is Cc1nc(Cl)c(C)c(NCC(C)(C)N(C)C)n1. The predicted octanol–water partition coefficient (Wildman–Crippen LogP) is 2.50. The Morgan fingerprint density at radius 1 is 1.24 bits per heavy atom. The average molecular weight is 257 g/mol. The van der Waals surface area contributed by atoms with Gasteiger partial charge in [-0.1, -0.05) is 11.6 Å². The van der Waals surface area contributed by atoms with Gasteiger partial charge in [-0.3, -0.25) is 0 Å². The van der Waals surface area contributed by atoms with Gasteiger partial charge >= 0.3 is 0 Å². The third-order valence-corrected chi connectivity index (χ3v) is 3.47. The van der Waals surface area contributed by atoms with E-state index in [-0.39, 0.29) is 5.54 Å². The molecule has 4 nitrogen and oxygen atoms in total. The van der Waals surface area contributed by atoms with Crippen molar-refractivity contribution in [1.82, 2.24) is 14.9 Å². The molecule has 0 saturated carbocycles. The van der Waals surface area contributed by atoms with Crippen molar-refractivity contribution in [1.29, 1.82) is 0 Å². The lowest BCUT2D eigenvalue weighted by Gasteiger charge is -2.33. The monoisotopic (exact) mass is 256 g/mol. The predicted molar refractivity (Wildman–Crippen MR) is 72.8 cm³/mol. The van der Waals surface area contributed by atoms with Gasteiger partial charge < -0.3 is 10.2 Å². The molecule has 0 aliphatic carbocycles. The number of aryl methyl sites for hydroxylation is 1. The largest absolute Gasteiger partial charge is 0.368 e. The molecule has 1 rings (SSSR count). The Kier molecular flexibility index (Phi) is 4.33. The van der Waals surface area contributed by atoms with E-state index < -0.39 is 0 Å². The van der Waals surface area contributed by atoms with E-state index in [2.05, 4.69) is 48.1 Å². The summed E-state index contributed by atoms with van der Waals surface area (Å²) in [6.45, 7) is 8.91. The second-order valence-corrected chi connectivity index (χ2v) is 5.45. The van der Waals surface area contributed by atoms with Crippen molar-refractivity contribution >= 4 is 17.4 Å². The van der Waals surface area contributed by atoms with Crippen LogP contribution in [0.4, 0.5) is 5.82 Å². The van der Waals surface area contributed by atoms with Gasteiger partial charge in [0, 0.05) is 17.6 Å². The van der Waals surface area contributed by atoms with Crippen LogP contribution in [-0.2, 0) is 0 Å². The number of hydrogen-bond donors (Lipinski definition) is 1. The third kappa shape index (κ3) is 3.54. The molecule has 0 aromatic carbocycles. The Bertz CT molecular complexity index is 402. The minimum absolute atomic E-state index is 0.0533. The number of likely N-dealkylation sites (N-methyl/N-ethyl adjacent to an activating group) is 1. The lowest BCUT2D eigenvalue weighted by Crippen LogP contribution is -2.44. The summed E-state index contributed by atoms with van der Waals surface area (Å²) in [6, 6.07) is 0. The maximum atomic E-state index is 6.03. The molecule has 0 spiro atoms. The van der Waals surface area contributed by atoms with Crippen LogP contribution >= 0.6 is 11.6 Å². The Balaban J connectivity index is 2.83. The highest BCUT2D eigenvalue weighted by molar-refractivity contribution is 6.30. The molecule has 0 atom stereocenters. The molecule has 1 heterocycles. The molecule has 0 amide bonds. The first-order chi connectivity index (χ1) is 7.74. The van der Waals surface area contributed by atoms with Crippen molar-refractivity contribution in [2.45, 2.75) is 33.2 Å². The van der Waals surface area contributed by atoms with Crippen molar-refractivity contribution in [2.24, 2.45) is 0 Å². The highest BCUT2D eigenvalue weighted by Crippen LogP contribution is 2.20. The summed E-state index contributed by atoms with van der Waals surface area (Å²) in [7, 11) is 4.12. The number of halogens is 1. The fourth-order valence-electron chi connectivity index (χ4n) is 1.22. The summed E-state index contributed by atoms with van der Waals surface area (Å²) in [5, 5.41) is 3.86. The normalized spacial score (nSPS) is 12.0. The summed E-state index contributed by atoms with van der Waals surface area (Å²) in [6.07, 6.45) is 0. The maximum absolute atomic E-state index is 6.03. The molecule has 1 aromatic heterocycles. The van der Waals surface area contributed by atoms with Gasteiger partial charge in [0.25, 0.3) is 0 Å². The molecule has 17 heavy (non-hydrogen) atoms. The molecule has 96 valence electrons. The van der Waals surface area contributed by atoms with Crippen molar-refractivity contribution in [3.63, 3.8) is 0 Å². The standard InChI is InChI=1S/C12H21ClN4/c1-8-10(13)15-9(2)16-11(8)14-7-12(3,4)17(5)6/h7H2,1-6H3,(H,14,15,16). The van der Waals surface area contributed by atoms with E-state index in [1.165, 1.54) is 0 Å². The first-order valence-electron chi connectivity index (χ1n) is 5.66. The van der Waals surface area contributed by atoms with Gasteiger partial charge in [0.2, 0.25) is 0 Å². The Hall–Kier alpha value is -0.870. The third-order valence-electron chi connectivity index (χ3n) is 3.10. The number of anilines is 1. The minimum Gasteiger partial charge on any atom is -0.368 e. The highest BCUT2D eigenvalue weighted by atomic mass is 35.5. The second kappa shape index (κ2) is 5.19. The van der Waals surface area contributed by atoms with Crippen LogP contribution in [-0.4, -0.2) is 41.0 Å². The summed E-state index contributed by atoms with van der Waals surface area (Å²) in [5.41, 5.74) is 0.949. The average Bonchev–Trinajstić information content (AvgIpc) is 2.21. The molecule has 0 aliphatic heterocycles. The van der Waals surface area contributed by atoms with Gasteiger partial charge in [0.1, 0.15) is 16.8 Å². The Labute approximate surface area is 108 Å². The van der Waals surface area contributed by atoms with Crippen molar-refractivity contribution in [3.8, 4) is 0 Å². The number of aromatic nitrogens is 2. The zero-order chi connectivity index (χ0) is 13.2. The quantitative estimate of drug-likeness (QED) is 0.841. The first-order valence-corrected chi connectivity index (χ1v) is 6.04. The van der Waals surface area contributed by atoms with Crippen LogP contribution in [0, 0.1) is 13.8 Å². The smallest absolute Gasteiger partial charge is 0.137 e. The van der Waals surface area contributed by atoms with E-state index in [9.17, 15) is 0 Å². The van der Waals surface area contributed by atoms with Crippen molar-refractivity contribution < 1.29 is 0 Å². The van der Waals surface area contributed by atoms with Crippen LogP contribution in [0.25, 0.3) is 0 Å². The summed E-state index contributed by atoms with van der Waals surface area (Å²) >= 11 is 6.03. The minimum atomic E-state index is 0.0533. The number of nitrogens with one attached hydrogen (secondary N) is 1. The van der Waals surface area contributed by atoms with E-state index >= 15 is 0 Å². The molecule has 0 unspecified atom stereocenters. The van der Waals surface area contributed by atoms with Crippen LogP contribution in [0.15, 0.2) is 0 Å². The van der Waals surface area contributed by atoms with Gasteiger partial charge in [-0.05, 0) is 41.8 Å². The summed E-state index contributed by atoms with van der Waals surface area (Å²) in [4.78, 5) is 10.7. The molecule has 0 radical (unpaired) electrons. The molecule has 5 heteroatoms. The fourth-order valence-corrected chi connectivity index (χ4v) is 1.44. The highest BCUT2D eigenvalue weighted by Gasteiger charge is 2.20. The topological polar surface area (TPSA) is 41.1 Å². The number of hydrogen-bond acceptors (Lipinski definition) is 4. The molecule has 0 fully saturated rings. The van der Waals surface area contributed by atoms with Gasteiger partial charge in [-0.15, -0.1) is 0 Å². The molecular formula is C12H21ClN4. The molecular weight excluding hydrogens is 236 g/mol. The summed E-state index contributed by atoms with van der Waals surface area (Å²) in [5.74, 6) is 1.50. The van der Waals surface area contributed by atoms with Crippen LogP contribution in [0.1, 0.15) is 25.2 Å². The Morgan fingerprint density at radius 2 is 1.82 bits per heavy atom. The van der Waals surface area contributed by atoms with E-state index in [0.717, 1.165) is 17.9 Å². The van der Waals surface area contributed by atoms with Crippen LogP contribution in [0.3, 0.4) is 0 Å². The van der Waals surface area contributed by atoms with Crippen molar-refractivity contribution in [3.05, 3.63) is 16.5 Å². The van der Waals surface area contributed by atoms with Gasteiger partial charge in [0.15, 0.2) is 0 Å². The van der Waals surface area contributed by atoms with Crippen LogP contribution < -0.4 is 5.32 Å². The molecule has 1 N–H and O–H groups in total. The van der Waals surface area contributed by atoms with Crippen LogP contribution in [0.2, 0.25) is 5.15 Å². The second-order valence-electron chi connectivity index (χ2n) is 5.10. The van der Waals surface area contributed by atoms with Gasteiger partial charge in [-0.2, -0.15) is 0 Å². The molecule has 0 bridgehead atoms. The van der Waals surface area contributed by atoms with Crippen LogP contribution in [0.5, 0.6) is 0 Å². The number of nitrogens with zero attached hydrogens (tertiary/aromatic N) is 3. The Morgan fingerprint density at radius 3 is 2.35 bits per heavy atom. The van der Waals surface area contributed by atoms with E-state index in [1.807, 2.05) is 13.8 Å². The zero-order valence-corrected chi connectivity index (χ0v) is 12.2. The van der Waals surface area contributed by atoms with E-state index in [1.54, 1.807) is 0 Å². The van der Waals surface area contributed by atoms with Gasteiger partial charge in [-0.25, -0.2) is 9.97 Å². The van der Waals surface area contributed by atoms with Gasteiger partial charge in [0.05, 0.1) is 0 Å². The first kappa shape index (κ1) is 14.2. The lowest BCUT2D eigenvalue weighted by atomic mass is 10.0.